The van der Waals surface area contributed by atoms with E-state index in [1.807, 2.05) is 61.5 Å². The summed E-state index contributed by atoms with van der Waals surface area (Å²) in [6.45, 7) is 1.99. The third-order valence-corrected chi connectivity index (χ3v) is 3.46. The molecule has 1 amide bonds. The van der Waals surface area contributed by atoms with Crippen LogP contribution in [0.2, 0.25) is 5.02 Å². The molecule has 0 aliphatic heterocycles. The summed E-state index contributed by atoms with van der Waals surface area (Å²) < 4.78 is 0. The Hall–Kier alpha value is -1.84. The lowest BCUT2D eigenvalue weighted by Crippen LogP contribution is -2.35. The summed E-state index contributed by atoms with van der Waals surface area (Å²) in [4.78, 5) is 11.7. The summed E-state index contributed by atoms with van der Waals surface area (Å²) in [5, 5.41) is 3.94. The number of benzene rings is 2. The van der Waals surface area contributed by atoms with E-state index in [0.29, 0.717) is 5.02 Å². The average Bonchev–Trinajstić information content (AvgIpc) is 2.46. The number of carbonyl (C=O) groups excluding carboxylic acids is 1. The Labute approximate surface area is 123 Å². The molecule has 2 rings (SSSR count). The lowest BCUT2D eigenvalue weighted by atomic mass is 10.0. The standard InChI is InChI=1S/C16H17ClN2O/c1-11(12-7-9-14(17)10-8-12)19-15(16(18)20)13-5-3-2-4-6-13/h2-11,15,19H,1H3,(H2,18,20)/t11-,15-/m1/s1. The van der Waals surface area contributed by atoms with Crippen LogP contribution in [0.5, 0.6) is 0 Å². The van der Waals surface area contributed by atoms with Gasteiger partial charge in [0.2, 0.25) is 5.91 Å². The quantitative estimate of drug-likeness (QED) is 0.887. The van der Waals surface area contributed by atoms with Crippen LogP contribution in [-0.4, -0.2) is 5.91 Å². The van der Waals surface area contributed by atoms with Gasteiger partial charge >= 0.3 is 0 Å². The molecule has 3 nitrogen and oxygen atoms in total. The number of carbonyl (C=O) groups is 1. The summed E-state index contributed by atoms with van der Waals surface area (Å²) in [6, 6.07) is 16.5. The van der Waals surface area contributed by atoms with Crippen molar-refractivity contribution in [3.8, 4) is 0 Å². The molecule has 2 aromatic carbocycles. The summed E-state index contributed by atoms with van der Waals surface area (Å²) in [7, 11) is 0. The molecule has 0 heterocycles. The fraction of sp³-hybridized carbons (Fsp3) is 0.188. The Morgan fingerprint density at radius 3 is 2.20 bits per heavy atom. The second-order valence-electron chi connectivity index (χ2n) is 4.69. The first-order chi connectivity index (χ1) is 9.58. The molecule has 0 spiro atoms. The molecular weight excluding hydrogens is 272 g/mol. The van der Waals surface area contributed by atoms with Crippen molar-refractivity contribution in [1.82, 2.24) is 5.32 Å². The Bertz CT molecular complexity index is 569. The van der Waals surface area contributed by atoms with Gasteiger partial charge in [0, 0.05) is 11.1 Å². The SMILES string of the molecule is C[C@@H](N[C@@H](C(N)=O)c1ccccc1)c1ccc(Cl)cc1. The van der Waals surface area contributed by atoms with E-state index >= 15 is 0 Å². The molecule has 0 aliphatic rings. The maximum atomic E-state index is 11.7. The molecule has 0 bridgehead atoms. The third kappa shape index (κ3) is 3.59. The zero-order valence-electron chi connectivity index (χ0n) is 11.2. The molecule has 0 radical (unpaired) electrons. The van der Waals surface area contributed by atoms with Crippen LogP contribution in [0.4, 0.5) is 0 Å². The molecule has 4 heteroatoms. The molecule has 0 aliphatic carbocycles. The lowest BCUT2D eigenvalue weighted by Gasteiger charge is -2.21. The van der Waals surface area contributed by atoms with Crippen molar-refractivity contribution >= 4 is 17.5 Å². The van der Waals surface area contributed by atoms with Crippen LogP contribution < -0.4 is 11.1 Å². The maximum Gasteiger partial charge on any atom is 0.239 e. The zero-order chi connectivity index (χ0) is 14.5. The van der Waals surface area contributed by atoms with Crippen molar-refractivity contribution < 1.29 is 4.79 Å². The van der Waals surface area contributed by atoms with Crippen LogP contribution >= 0.6 is 11.6 Å². The minimum Gasteiger partial charge on any atom is -0.368 e. The maximum absolute atomic E-state index is 11.7. The average molecular weight is 289 g/mol. The number of halogens is 1. The highest BCUT2D eigenvalue weighted by Gasteiger charge is 2.20. The van der Waals surface area contributed by atoms with Crippen molar-refractivity contribution in [3.05, 3.63) is 70.7 Å². The van der Waals surface area contributed by atoms with Gasteiger partial charge in [-0.25, -0.2) is 0 Å². The minimum absolute atomic E-state index is 0.00928. The number of rotatable bonds is 5. The molecule has 3 N–H and O–H groups in total. The topological polar surface area (TPSA) is 55.1 Å². The van der Waals surface area contributed by atoms with E-state index in [9.17, 15) is 4.79 Å². The Morgan fingerprint density at radius 2 is 1.65 bits per heavy atom. The fourth-order valence-corrected chi connectivity index (χ4v) is 2.21. The van der Waals surface area contributed by atoms with Gasteiger partial charge in [0.1, 0.15) is 6.04 Å². The van der Waals surface area contributed by atoms with Crippen molar-refractivity contribution in [2.45, 2.75) is 19.0 Å². The van der Waals surface area contributed by atoms with Crippen molar-refractivity contribution in [3.63, 3.8) is 0 Å². The van der Waals surface area contributed by atoms with Gasteiger partial charge in [0.05, 0.1) is 0 Å². The summed E-state index contributed by atoms with van der Waals surface area (Å²) in [5.41, 5.74) is 7.41. The fourth-order valence-electron chi connectivity index (χ4n) is 2.09. The predicted octanol–water partition coefficient (Wildman–Crippen LogP) is 3.22. The van der Waals surface area contributed by atoms with Crippen LogP contribution in [-0.2, 0) is 4.79 Å². The van der Waals surface area contributed by atoms with Gasteiger partial charge in [-0.1, -0.05) is 54.1 Å². The second kappa shape index (κ2) is 6.55. The van der Waals surface area contributed by atoms with E-state index in [2.05, 4.69) is 5.32 Å². The molecule has 104 valence electrons. The van der Waals surface area contributed by atoms with Gasteiger partial charge in [-0.2, -0.15) is 0 Å². The lowest BCUT2D eigenvalue weighted by molar-refractivity contribution is -0.120. The van der Waals surface area contributed by atoms with Gasteiger partial charge in [-0.15, -0.1) is 0 Å². The van der Waals surface area contributed by atoms with E-state index in [0.717, 1.165) is 11.1 Å². The van der Waals surface area contributed by atoms with Crippen LogP contribution in [0.3, 0.4) is 0 Å². The number of nitrogens with two attached hydrogens (primary N) is 1. The first-order valence-electron chi connectivity index (χ1n) is 6.43. The second-order valence-corrected chi connectivity index (χ2v) is 5.12. The third-order valence-electron chi connectivity index (χ3n) is 3.20. The van der Waals surface area contributed by atoms with Crippen LogP contribution in [0.15, 0.2) is 54.6 Å². The normalized spacial score (nSPS) is 13.7. The minimum atomic E-state index is -0.512. The van der Waals surface area contributed by atoms with Crippen molar-refractivity contribution in [2.75, 3.05) is 0 Å². The molecule has 2 aromatic rings. The number of nitrogens with one attached hydrogen (secondary N) is 1. The van der Waals surface area contributed by atoms with Gasteiger partial charge in [0.25, 0.3) is 0 Å². The Balaban J connectivity index is 2.16. The van der Waals surface area contributed by atoms with E-state index in [-0.39, 0.29) is 6.04 Å². The van der Waals surface area contributed by atoms with E-state index < -0.39 is 11.9 Å². The largest absolute Gasteiger partial charge is 0.368 e. The highest BCUT2D eigenvalue weighted by molar-refractivity contribution is 6.30. The number of amides is 1. The Kier molecular flexibility index (Phi) is 4.77. The molecule has 0 unspecified atom stereocenters. The van der Waals surface area contributed by atoms with E-state index in [1.54, 1.807) is 0 Å². The summed E-state index contributed by atoms with van der Waals surface area (Å²) in [5.74, 6) is -0.392. The molecule has 0 saturated carbocycles. The molecule has 0 aromatic heterocycles. The van der Waals surface area contributed by atoms with Crippen molar-refractivity contribution in [1.29, 1.82) is 0 Å². The van der Waals surface area contributed by atoms with E-state index in [1.165, 1.54) is 0 Å². The number of primary amides is 1. The zero-order valence-corrected chi connectivity index (χ0v) is 12.0. The van der Waals surface area contributed by atoms with E-state index in [4.69, 9.17) is 17.3 Å². The molecular formula is C16H17ClN2O. The monoisotopic (exact) mass is 288 g/mol. The number of hydrogen-bond acceptors (Lipinski definition) is 2. The summed E-state index contributed by atoms with van der Waals surface area (Å²) >= 11 is 5.87. The van der Waals surface area contributed by atoms with Crippen LogP contribution in [0.1, 0.15) is 30.1 Å². The van der Waals surface area contributed by atoms with Crippen LogP contribution in [0, 0.1) is 0 Å². The molecule has 0 saturated heterocycles. The van der Waals surface area contributed by atoms with Gasteiger partial charge in [0.15, 0.2) is 0 Å². The van der Waals surface area contributed by atoms with Crippen molar-refractivity contribution in [2.24, 2.45) is 5.73 Å². The first-order valence-corrected chi connectivity index (χ1v) is 6.81. The molecule has 2 atom stereocenters. The van der Waals surface area contributed by atoms with Crippen LogP contribution in [0.25, 0.3) is 0 Å². The molecule has 20 heavy (non-hydrogen) atoms. The van der Waals surface area contributed by atoms with Gasteiger partial charge in [-0.3, -0.25) is 10.1 Å². The smallest absolute Gasteiger partial charge is 0.239 e. The summed E-state index contributed by atoms with van der Waals surface area (Å²) in [6.07, 6.45) is 0. The van der Waals surface area contributed by atoms with Gasteiger partial charge < -0.3 is 5.73 Å². The van der Waals surface area contributed by atoms with Gasteiger partial charge in [-0.05, 0) is 30.2 Å². The highest BCUT2D eigenvalue weighted by Crippen LogP contribution is 2.21. The first kappa shape index (κ1) is 14.6. The predicted molar refractivity (Wildman–Crippen MR) is 81.4 cm³/mol. The number of hydrogen-bond donors (Lipinski definition) is 2. The Morgan fingerprint density at radius 1 is 1.05 bits per heavy atom. The molecule has 0 fully saturated rings. The highest BCUT2D eigenvalue weighted by atomic mass is 35.5.